The van der Waals surface area contributed by atoms with Crippen LogP contribution in [0.25, 0.3) is 0 Å². The van der Waals surface area contributed by atoms with Gasteiger partial charge in [0.2, 0.25) is 0 Å². The maximum absolute atomic E-state index is 6.31. The Morgan fingerprint density at radius 3 is 2.33 bits per heavy atom. The molecule has 1 aliphatic rings. The van der Waals surface area contributed by atoms with E-state index in [1.807, 2.05) is 53.5 Å². The zero-order chi connectivity index (χ0) is 20.9. The summed E-state index contributed by atoms with van der Waals surface area (Å²) < 4.78 is 1.91. The molecule has 3 aromatic rings. The predicted octanol–water partition coefficient (Wildman–Crippen LogP) is 4.75. The highest BCUT2D eigenvalue weighted by atomic mass is 35.5. The van der Waals surface area contributed by atoms with Crippen molar-refractivity contribution in [2.24, 2.45) is 0 Å². The molecule has 30 heavy (non-hydrogen) atoms. The molecule has 5 nitrogen and oxygen atoms in total. The zero-order valence-corrected chi connectivity index (χ0v) is 18.8. The molecule has 0 radical (unpaired) electrons. The standard InChI is InChI=1S/C22H23Cl2N5S/c23-20-7-4-8-21(24)19(20)16-27-9-11-28(12-10-27)22(30)26-18-13-25-29(15-18)14-17-5-2-1-3-6-17/h1-8,13,15H,9-12,14,16H2,(H,26,30). The van der Waals surface area contributed by atoms with Crippen molar-refractivity contribution >= 4 is 46.2 Å². The van der Waals surface area contributed by atoms with E-state index in [2.05, 4.69) is 32.3 Å². The first kappa shape index (κ1) is 21.1. The van der Waals surface area contributed by atoms with E-state index in [1.165, 1.54) is 5.56 Å². The third-order valence-corrected chi connectivity index (χ3v) is 6.24. The van der Waals surface area contributed by atoms with Gasteiger partial charge >= 0.3 is 0 Å². The van der Waals surface area contributed by atoms with Gasteiger partial charge in [-0.15, -0.1) is 0 Å². The molecule has 156 valence electrons. The van der Waals surface area contributed by atoms with E-state index in [9.17, 15) is 0 Å². The van der Waals surface area contributed by atoms with E-state index >= 15 is 0 Å². The lowest BCUT2D eigenvalue weighted by Gasteiger charge is -2.36. The molecule has 1 aliphatic heterocycles. The number of hydrogen-bond donors (Lipinski definition) is 1. The smallest absolute Gasteiger partial charge is 0.173 e. The Labute approximate surface area is 192 Å². The molecule has 0 amide bonds. The summed E-state index contributed by atoms with van der Waals surface area (Å²) in [5.74, 6) is 0. The molecule has 0 unspecified atom stereocenters. The lowest BCUT2D eigenvalue weighted by atomic mass is 10.2. The molecule has 0 spiro atoms. The van der Waals surface area contributed by atoms with E-state index in [1.54, 1.807) is 0 Å². The number of halogens is 2. The third kappa shape index (κ3) is 5.32. The molecule has 0 aliphatic carbocycles. The first-order valence-corrected chi connectivity index (χ1v) is 11.0. The number of hydrogen-bond acceptors (Lipinski definition) is 3. The van der Waals surface area contributed by atoms with E-state index in [0.717, 1.165) is 65.7 Å². The Morgan fingerprint density at radius 1 is 0.933 bits per heavy atom. The molecule has 8 heteroatoms. The maximum atomic E-state index is 6.31. The molecule has 1 N–H and O–H groups in total. The van der Waals surface area contributed by atoms with Gasteiger partial charge in [-0.2, -0.15) is 5.10 Å². The predicted molar refractivity (Wildman–Crippen MR) is 127 cm³/mol. The lowest BCUT2D eigenvalue weighted by molar-refractivity contribution is 0.177. The summed E-state index contributed by atoms with van der Waals surface area (Å²) in [6.07, 6.45) is 3.79. The zero-order valence-electron chi connectivity index (χ0n) is 16.5. The Bertz CT molecular complexity index is 980. The Balaban J connectivity index is 1.28. The number of benzene rings is 2. The van der Waals surface area contributed by atoms with E-state index in [-0.39, 0.29) is 0 Å². The quantitative estimate of drug-likeness (QED) is 0.556. The van der Waals surface area contributed by atoms with E-state index in [4.69, 9.17) is 35.4 Å². The number of nitrogens with zero attached hydrogens (tertiary/aromatic N) is 4. The summed E-state index contributed by atoms with van der Waals surface area (Å²) in [5.41, 5.74) is 3.10. The van der Waals surface area contributed by atoms with Gasteiger partial charge < -0.3 is 10.2 Å². The van der Waals surface area contributed by atoms with Gasteiger partial charge in [-0.05, 0) is 29.9 Å². The molecule has 1 saturated heterocycles. The van der Waals surface area contributed by atoms with Crippen LogP contribution in [0, 0.1) is 0 Å². The Hall–Kier alpha value is -2.12. The van der Waals surface area contributed by atoms with Gasteiger partial charge in [0.05, 0.1) is 18.4 Å². The third-order valence-electron chi connectivity index (χ3n) is 5.17. The summed E-state index contributed by atoms with van der Waals surface area (Å²) in [5, 5.41) is 9.90. The number of rotatable bonds is 5. The largest absolute Gasteiger partial charge is 0.346 e. The van der Waals surface area contributed by atoms with E-state index < -0.39 is 0 Å². The SMILES string of the molecule is S=C(Nc1cnn(Cc2ccccc2)c1)N1CCN(Cc2c(Cl)cccc2Cl)CC1. The van der Waals surface area contributed by atoms with Crippen LogP contribution in [0.4, 0.5) is 5.69 Å². The molecule has 2 heterocycles. The summed E-state index contributed by atoms with van der Waals surface area (Å²) in [6.45, 7) is 4.99. The first-order valence-electron chi connectivity index (χ1n) is 9.86. The molecule has 1 fully saturated rings. The number of aromatic nitrogens is 2. The average molecular weight is 460 g/mol. The van der Waals surface area contributed by atoms with Gasteiger partial charge in [0, 0.05) is 54.5 Å². The van der Waals surface area contributed by atoms with Gasteiger partial charge in [0.25, 0.3) is 0 Å². The molecule has 0 atom stereocenters. The van der Waals surface area contributed by atoms with Crippen molar-refractivity contribution in [3.05, 3.63) is 82.1 Å². The molecule has 0 bridgehead atoms. The highest BCUT2D eigenvalue weighted by Gasteiger charge is 2.20. The normalized spacial score (nSPS) is 14.7. The van der Waals surface area contributed by atoms with Crippen molar-refractivity contribution in [1.82, 2.24) is 19.6 Å². The Kier molecular flexibility index (Phi) is 6.89. The second kappa shape index (κ2) is 9.79. The summed E-state index contributed by atoms with van der Waals surface area (Å²) in [7, 11) is 0. The molecule has 2 aromatic carbocycles. The van der Waals surface area contributed by atoms with Crippen LogP contribution in [0.1, 0.15) is 11.1 Å². The number of anilines is 1. The van der Waals surface area contributed by atoms with Crippen molar-refractivity contribution in [3.63, 3.8) is 0 Å². The lowest BCUT2D eigenvalue weighted by Crippen LogP contribution is -2.49. The molecule has 4 rings (SSSR count). The molecule has 1 aromatic heterocycles. The van der Waals surface area contributed by atoms with Crippen LogP contribution in [0.2, 0.25) is 10.0 Å². The van der Waals surface area contributed by atoms with Gasteiger partial charge in [-0.3, -0.25) is 9.58 Å². The van der Waals surface area contributed by atoms with Gasteiger partial charge in [-0.25, -0.2) is 0 Å². The molecule has 0 saturated carbocycles. The molecular formula is C22H23Cl2N5S. The van der Waals surface area contributed by atoms with Crippen LogP contribution in [0.3, 0.4) is 0 Å². The van der Waals surface area contributed by atoms with Gasteiger partial charge in [0.1, 0.15) is 0 Å². The maximum Gasteiger partial charge on any atom is 0.173 e. The van der Waals surface area contributed by atoms with Crippen molar-refractivity contribution in [3.8, 4) is 0 Å². The summed E-state index contributed by atoms with van der Waals surface area (Å²) in [4.78, 5) is 4.54. The number of piperazine rings is 1. The van der Waals surface area contributed by atoms with Crippen molar-refractivity contribution in [1.29, 1.82) is 0 Å². The minimum absolute atomic E-state index is 0.717. The fourth-order valence-corrected chi connectivity index (χ4v) is 4.32. The van der Waals surface area contributed by atoms with Crippen LogP contribution in [0.15, 0.2) is 60.9 Å². The van der Waals surface area contributed by atoms with Crippen LogP contribution >= 0.6 is 35.4 Å². The second-order valence-corrected chi connectivity index (χ2v) is 8.51. The van der Waals surface area contributed by atoms with Gasteiger partial charge in [0.15, 0.2) is 5.11 Å². The van der Waals surface area contributed by atoms with Crippen molar-refractivity contribution < 1.29 is 0 Å². The van der Waals surface area contributed by atoms with E-state index in [0.29, 0.717) is 0 Å². The highest BCUT2D eigenvalue weighted by molar-refractivity contribution is 7.80. The first-order chi connectivity index (χ1) is 14.6. The summed E-state index contributed by atoms with van der Waals surface area (Å²) in [6, 6.07) is 15.9. The number of thiocarbonyl (C=S) groups is 1. The molecular weight excluding hydrogens is 437 g/mol. The topological polar surface area (TPSA) is 36.3 Å². The van der Waals surface area contributed by atoms with Crippen molar-refractivity contribution in [2.75, 3.05) is 31.5 Å². The van der Waals surface area contributed by atoms with Crippen LogP contribution in [0.5, 0.6) is 0 Å². The Morgan fingerprint density at radius 2 is 1.63 bits per heavy atom. The second-order valence-electron chi connectivity index (χ2n) is 7.31. The van der Waals surface area contributed by atoms with Crippen LogP contribution in [-0.4, -0.2) is 50.9 Å². The van der Waals surface area contributed by atoms with Crippen LogP contribution in [-0.2, 0) is 13.1 Å². The number of nitrogens with one attached hydrogen (secondary N) is 1. The van der Waals surface area contributed by atoms with Crippen LogP contribution < -0.4 is 5.32 Å². The van der Waals surface area contributed by atoms with Gasteiger partial charge in [-0.1, -0.05) is 59.6 Å². The minimum atomic E-state index is 0.717. The van der Waals surface area contributed by atoms with Crippen molar-refractivity contribution in [2.45, 2.75) is 13.1 Å². The highest BCUT2D eigenvalue weighted by Crippen LogP contribution is 2.26. The fraction of sp³-hybridized carbons (Fsp3) is 0.273. The average Bonchev–Trinajstić information content (AvgIpc) is 3.18. The monoisotopic (exact) mass is 459 g/mol. The fourth-order valence-electron chi connectivity index (χ4n) is 3.50. The minimum Gasteiger partial charge on any atom is -0.346 e. The summed E-state index contributed by atoms with van der Waals surface area (Å²) >= 11 is 18.2.